The van der Waals surface area contributed by atoms with Gasteiger partial charge in [-0.15, -0.1) is 0 Å². The summed E-state index contributed by atoms with van der Waals surface area (Å²) in [6.45, 7) is 0. The van der Waals surface area contributed by atoms with Gasteiger partial charge in [0.05, 0.1) is 12.7 Å². The number of rotatable bonds is 2. The highest BCUT2D eigenvalue weighted by atomic mass is 19.4. The Labute approximate surface area is 124 Å². The normalized spacial score (nSPS) is 18.6. The highest BCUT2D eigenvalue weighted by Gasteiger charge is 2.31. The highest BCUT2D eigenvalue weighted by molar-refractivity contribution is 5.92. The van der Waals surface area contributed by atoms with Crippen molar-refractivity contribution in [2.75, 3.05) is 7.11 Å². The van der Waals surface area contributed by atoms with Crippen LogP contribution in [0.1, 0.15) is 29.9 Å². The number of hydrogen-bond donors (Lipinski definition) is 0. The fourth-order valence-corrected chi connectivity index (χ4v) is 2.26. The van der Waals surface area contributed by atoms with E-state index in [1.807, 2.05) is 0 Å². The topological polar surface area (TPSA) is 52.6 Å². The molecule has 0 saturated carbocycles. The van der Waals surface area contributed by atoms with Crippen molar-refractivity contribution < 1.29 is 32.2 Å². The van der Waals surface area contributed by atoms with Gasteiger partial charge in [-0.1, -0.05) is 12.1 Å². The van der Waals surface area contributed by atoms with Crippen molar-refractivity contribution in [3.63, 3.8) is 0 Å². The third kappa shape index (κ3) is 3.87. The molecule has 0 aromatic heterocycles. The zero-order chi connectivity index (χ0) is 16.3. The Morgan fingerprint density at radius 3 is 2.36 bits per heavy atom. The lowest BCUT2D eigenvalue weighted by atomic mass is 9.86. The van der Waals surface area contributed by atoms with Gasteiger partial charge in [0.2, 0.25) is 0 Å². The van der Waals surface area contributed by atoms with Crippen LogP contribution in [0.15, 0.2) is 36.1 Å². The molecular formula is C15H13F3O4. The number of methoxy groups -OCH3 is 1. The smallest absolute Gasteiger partial charge is 0.437 e. The van der Waals surface area contributed by atoms with E-state index in [1.54, 1.807) is 0 Å². The Hall–Kier alpha value is -2.31. The molecule has 22 heavy (non-hydrogen) atoms. The standard InChI is InChI=1S/C15H13F3O4/c1-21-14(20)22-13-7-10(6-12(19)8-13)9-2-4-11(5-3-9)15(16,17)18/h2-5,8,10H,6-7H2,1H3. The average Bonchev–Trinajstić information content (AvgIpc) is 2.45. The second-order valence-corrected chi connectivity index (χ2v) is 4.86. The number of benzene rings is 1. The fraction of sp³-hybridized carbons (Fsp3) is 0.333. The van der Waals surface area contributed by atoms with E-state index in [9.17, 15) is 22.8 Å². The van der Waals surface area contributed by atoms with Crippen LogP contribution >= 0.6 is 0 Å². The molecule has 1 aliphatic carbocycles. The lowest BCUT2D eigenvalue weighted by Gasteiger charge is -2.22. The monoisotopic (exact) mass is 314 g/mol. The largest absolute Gasteiger partial charge is 0.513 e. The van der Waals surface area contributed by atoms with E-state index < -0.39 is 17.9 Å². The summed E-state index contributed by atoms with van der Waals surface area (Å²) in [6.07, 6.45) is -3.74. The number of alkyl halides is 3. The molecule has 1 unspecified atom stereocenters. The molecule has 0 aliphatic heterocycles. The summed E-state index contributed by atoms with van der Waals surface area (Å²) in [5.74, 6) is -0.442. The Morgan fingerprint density at radius 2 is 1.82 bits per heavy atom. The number of hydrogen-bond acceptors (Lipinski definition) is 4. The average molecular weight is 314 g/mol. The first-order chi connectivity index (χ1) is 10.3. The molecule has 0 fully saturated rings. The first kappa shape index (κ1) is 16.1. The van der Waals surface area contributed by atoms with Crippen molar-refractivity contribution in [3.05, 3.63) is 47.2 Å². The molecule has 0 amide bonds. The summed E-state index contributed by atoms with van der Waals surface area (Å²) in [6, 6.07) is 4.61. The molecule has 0 bridgehead atoms. The molecule has 1 aliphatic rings. The summed E-state index contributed by atoms with van der Waals surface area (Å²) >= 11 is 0. The van der Waals surface area contributed by atoms with E-state index in [1.165, 1.54) is 18.2 Å². The minimum Gasteiger partial charge on any atom is -0.437 e. The maximum Gasteiger partial charge on any atom is 0.513 e. The van der Waals surface area contributed by atoms with Crippen LogP contribution in [0, 0.1) is 0 Å². The molecule has 1 aromatic rings. The van der Waals surface area contributed by atoms with Crippen molar-refractivity contribution in [1.82, 2.24) is 0 Å². The minimum absolute atomic E-state index is 0.146. The van der Waals surface area contributed by atoms with Crippen LogP contribution in [0.4, 0.5) is 18.0 Å². The summed E-state index contributed by atoms with van der Waals surface area (Å²) in [7, 11) is 1.14. The third-order valence-corrected chi connectivity index (χ3v) is 3.31. The Morgan fingerprint density at radius 1 is 1.18 bits per heavy atom. The number of ether oxygens (including phenoxy) is 2. The second-order valence-electron chi connectivity index (χ2n) is 4.86. The predicted molar refractivity (Wildman–Crippen MR) is 70.0 cm³/mol. The third-order valence-electron chi connectivity index (χ3n) is 3.31. The molecular weight excluding hydrogens is 301 g/mol. The van der Waals surface area contributed by atoms with Crippen LogP contribution in [-0.4, -0.2) is 19.0 Å². The van der Waals surface area contributed by atoms with Gasteiger partial charge in [0.15, 0.2) is 5.78 Å². The van der Waals surface area contributed by atoms with E-state index in [2.05, 4.69) is 4.74 Å². The van der Waals surface area contributed by atoms with Gasteiger partial charge in [-0.05, 0) is 23.6 Å². The van der Waals surface area contributed by atoms with Gasteiger partial charge in [-0.3, -0.25) is 4.79 Å². The maximum absolute atomic E-state index is 12.5. The van der Waals surface area contributed by atoms with E-state index in [0.29, 0.717) is 5.56 Å². The predicted octanol–water partition coefficient (Wildman–Crippen LogP) is 3.82. The number of carbonyl (C=O) groups is 2. The van der Waals surface area contributed by atoms with Gasteiger partial charge in [0.1, 0.15) is 5.76 Å². The molecule has 118 valence electrons. The Kier molecular flexibility index (Phi) is 4.54. The van der Waals surface area contributed by atoms with Crippen LogP contribution in [0.3, 0.4) is 0 Å². The van der Waals surface area contributed by atoms with Crippen LogP contribution in [-0.2, 0) is 20.4 Å². The van der Waals surface area contributed by atoms with Crippen molar-refractivity contribution >= 4 is 11.9 Å². The molecule has 0 heterocycles. The molecule has 4 nitrogen and oxygen atoms in total. The van der Waals surface area contributed by atoms with Crippen molar-refractivity contribution in [1.29, 1.82) is 0 Å². The first-order valence-electron chi connectivity index (χ1n) is 6.46. The first-order valence-corrected chi connectivity index (χ1v) is 6.46. The highest BCUT2D eigenvalue weighted by Crippen LogP contribution is 2.34. The number of halogens is 3. The summed E-state index contributed by atoms with van der Waals surface area (Å²) in [5, 5.41) is 0. The Balaban J connectivity index is 2.14. The van der Waals surface area contributed by atoms with Gasteiger partial charge in [-0.25, -0.2) is 4.79 Å². The molecule has 0 N–H and O–H groups in total. The molecule has 1 aromatic carbocycles. The van der Waals surface area contributed by atoms with Crippen LogP contribution in [0.5, 0.6) is 0 Å². The lowest BCUT2D eigenvalue weighted by Crippen LogP contribution is -2.16. The van der Waals surface area contributed by atoms with E-state index in [4.69, 9.17) is 4.74 Å². The summed E-state index contributed by atoms with van der Waals surface area (Å²) < 4.78 is 46.8. The zero-order valence-electron chi connectivity index (χ0n) is 11.6. The van der Waals surface area contributed by atoms with Gasteiger partial charge >= 0.3 is 12.3 Å². The fourth-order valence-electron chi connectivity index (χ4n) is 2.26. The quantitative estimate of drug-likeness (QED) is 0.779. The van der Waals surface area contributed by atoms with E-state index in [-0.39, 0.29) is 30.3 Å². The van der Waals surface area contributed by atoms with Crippen LogP contribution in [0.25, 0.3) is 0 Å². The van der Waals surface area contributed by atoms with Gasteiger partial charge in [0.25, 0.3) is 0 Å². The van der Waals surface area contributed by atoms with Gasteiger partial charge < -0.3 is 9.47 Å². The molecule has 0 spiro atoms. The zero-order valence-corrected chi connectivity index (χ0v) is 11.6. The maximum atomic E-state index is 12.5. The summed E-state index contributed by atoms with van der Waals surface area (Å²) in [4.78, 5) is 22.7. The van der Waals surface area contributed by atoms with E-state index >= 15 is 0 Å². The molecule has 0 radical (unpaired) electrons. The molecule has 1 atom stereocenters. The number of allylic oxidation sites excluding steroid dienone is 2. The second kappa shape index (κ2) is 6.21. The molecule has 7 heteroatoms. The van der Waals surface area contributed by atoms with Gasteiger partial charge in [-0.2, -0.15) is 13.2 Å². The Bertz CT molecular complexity index is 602. The SMILES string of the molecule is COC(=O)OC1=CC(=O)CC(c2ccc(C(F)(F)F)cc2)C1. The number of ketones is 1. The van der Waals surface area contributed by atoms with Gasteiger partial charge in [0, 0.05) is 18.9 Å². The minimum atomic E-state index is -4.40. The van der Waals surface area contributed by atoms with E-state index in [0.717, 1.165) is 19.2 Å². The molecule has 2 rings (SSSR count). The molecule has 0 saturated heterocycles. The van der Waals surface area contributed by atoms with Crippen LogP contribution < -0.4 is 0 Å². The number of carbonyl (C=O) groups excluding carboxylic acids is 2. The lowest BCUT2D eigenvalue weighted by molar-refractivity contribution is -0.137. The van der Waals surface area contributed by atoms with Crippen molar-refractivity contribution in [2.24, 2.45) is 0 Å². The van der Waals surface area contributed by atoms with Crippen molar-refractivity contribution in [2.45, 2.75) is 24.9 Å². The van der Waals surface area contributed by atoms with Crippen LogP contribution in [0.2, 0.25) is 0 Å². The van der Waals surface area contributed by atoms with Crippen molar-refractivity contribution in [3.8, 4) is 0 Å². The summed E-state index contributed by atoms with van der Waals surface area (Å²) in [5.41, 5.74) is -0.166.